The molecular weight excluding hydrogens is 260 g/mol. The zero-order chi connectivity index (χ0) is 15.3. The van der Waals surface area contributed by atoms with Gasteiger partial charge in [-0.15, -0.1) is 0 Å². The molecule has 0 bridgehead atoms. The molecule has 6 heteroatoms. The number of ether oxygens (including phenoxy) is 1. The number of aliphatic hydroxyl groups is 1. The number of aryl methyl sites for hydroxylation is 1. The predicted octanol–water partition coefficient (Wildman–Crippen LogP) is 1.27. The fraction of sp³-hybridized carbons (Fsp3) is 0.429. The Morgan fingerprint density at radius 1 is 1.30 bits per heavy atom. The van der Waals surface area contributed by atoms with Gasteiger partial charge < -0.3 is 15.2 Å². The highest BCUT2D eigenvalue weighted by molar-refractivity contribution is 5.96. The summed E-state index contributed by atoms with van der Waals surface area (Å²) in [6, 6.07) is 4.65. The van der Waals surface area contributed by atoms with Gasteiger partial charge in [0, 0.05) is 7.05 Å². The van der Waals surface area contributed by atoms with Crippen molar-refractivity contribution in [1.29, 1.82) is 0 Å². The summed E-state index contributed by atoms with van der Waals surface area (Å²) >= 11 is 0. The Hall–Kier alpha value is -2.08. The van der Waals surface area contributed by atoms with Gasteiger partial charge in [-0.2, -0.15) is 0 Å². The molecule has 0 radical (unpaired) electrons. The normalized spacial score (nSPS) is 13.2. The van der Waals surface area contributed by atoms with Crippen LogP contribution >= 0.6 is 0 Å². The smallest absolute Gasteiger partial charge is 0.321 e. The molecule has 20 heavy (non-hydrogen) atoms. The maximum Gasteiger partial charge on any atom is 0.321 e. The van der Waals surface area contributed by atoms with E-state index in [1.54, 1.807) is 32.0 Å². The first-order valence-corrected chi connectivity index (χ1v) is 6.33. The van der Waals surface area contributed by atoms with Crippen LogP contribution in [0, 0.1) is 6.92 Å². The summed E-state index contributed by atoms with van der Waals surface area (Å²) in [5.41, 5.74) is 1.58. The highest BCUT2D eigenvalue weighted by Crippen LogP contribution is 2.23. The Balaban J connectivity index is 2.73. The maximum absolute atomic E-state index is 11.7. The van der Waals surface area contributed by atoms with Crippen LogP contribution in [0.1, 0.15) is 31.1 Å². The summed E-state index contributed by atoms with van der Waals surface area (Å²) in [5.74, 6) is 0.0114. The number of imide groups is 1. The van der Waals surface area contributed by atoms with Gasteiger partial charge in [0.15, 0.2) is 6.10 Å². The van der Waals surface area contributed by atoms with Crippen LogP contribution in [-0.2, 0) is 4.79 Å². The van der Waals surface area contributed by atoms with Gasteiger partial charge in [-0.1, -0.05) is 6.07 Å². The summed E-state index contributed by atoms with van der Waals surface area (Å²) in [6.07, 6.45) is -1.36. The standard InChI is InChI=1S/C14H20N2O4/c1-8-7-11(9(2)17)5-6-12(8)20-10(3)13(18)16-14(19)15-4/h5-7,9-10,17H,1-4H3,(H2,15,16,18,19)/t9-,10?/m0/s1. The second-order valence-corrected chi connectivity index (χ2v) is 4.53. The van der Waals surface area contributed by atoms with E-state index in [2.05, 4.69) is 10.6 Å². The molecule has 0 spiro atoms. The van der Waals surface area contributed by atoms with Gasteiger partial charge in [0.2, 0.25) is 0 Å². The molecule has 3 N–H and O–H groups in total. The minimum atomic E-state index is -0.802. The van der Waals surface area contributed by atoms with E-state index in [9.17, 15) is 14.7 Å². The van der Waals surface area contributed by atoms with E-state index in [4.69, 9.17) is 4.74 Å². The number of hydrogen-bond acceptors (Lipinski definition) is 4. The summed E-state index contributed by atoms with van der Waals surface area (Å²) < 4.78 is 5.51. The molecule has 2 atom stereocenters. The third-order valence-corrected chi connectivity index (χ3v) is 2.82. The van der Waals surface area contributed by atoms with E-state index >= 15 is 0 Å². The lowest BCUT2D eigenvalue weighted by Gasteiger charge is -2.16. The minimum absolute atomic E-state index is 0.525. The number of urea groups is 1. The number of nitrogens with one attached hydrogen (secondary N) is 2. The summed E-state index contributed by atoms with van der Waals surface area (Å²) in [7, 11) is 1.42. The predicted molar refractivity (Wildman–Crippen MR) is 74.5 cm³/mol. The molecule has 1 aromatic rings. The highest BCUT2D eigenvalue weighted by atomic mass is 16.5. The van der Waals surface area contributed by atoms with Crippen molar-refractivity contribution in [1.82, 2.24) is 10.6 Å². The minimum Gasteiger partial charge on any atom is -0.481 e. The molecule has 1 aromatic carbocycles. The van der Waals surface area contributed by atoms with Gasteiger partial charge >= 0.3 is 6.03 Å². The van der Waals surface area contributed by atoms with Gasteiger partial charge in [0.05, 0.1) is 6.10 Å². The fourth-order valence-corrected chi connectivity index (χ4v) is 1.58. The van der Waals surface area contributed by atoms with Crippen molar-refractivity contribution >= 4 is 11.9 Å². The lowest BCUT2D eigenvalue weighted by molar-refractivity contribution is -0.126. The molecule has 6 nitrogen and oxygen atoms in total. The van der Waals surface area contributed by atoms with Crippen molar-refractivity contribution in [3.05, 3.63) is 29.3 Å². The van der Waals surface area contributed by atoms with E-state index in [1.165, 1.54) is 7.05 Å². The van der Waals surface area contributed by atoms with E-state index in [1.807, 2.05) is 6.92 Å². The number of amides is 3. The van der Waals surface area contributed by atoms with Crippen LogP contribution in [0.5, 0.6) is 5.75 Å². The average Bonchev–Trinajstić information content (AvgIpc) is 2.40. The molecule has 0 aliphatic carbocycles. The Bertz CT molecular complexity index is 500. The number of benzene rings is 1. The van der Waals surface area contributed by atoms with Crippen LogP contribution in [-0.4, -0.2) is 30.2 Å². The first-order chi connectivity index (χ1) is 9.35. The van der Waals surface area contributed by atoms with Crippen molar-refractivity contribution < 1.29 is 19.4 Å². The average molecular weight is 280 g/mol. The highest BCUT2D eigenvalue weighted by Gasteiger charge is 2.17. The van der Waals surface area contributed by atoms with Crippen molar-refractivity contribution in [3.63, 3.8) is 0 Å². The number of hydrogen-bond donors (Lipinski definition) is 3. The molecule has 0 fully saturated rings. The SMILES string of the molecule is CNC(=O)NC(=O)C(C)Oc1ccc([C@H](C)O)cc1C. The van der Waals surface area contributed by atoms with Crippen molar-refractivity contribution in [3.8, 4) is 5.75 Å². The molecule has 0 heterocycles. The molecular formula is C14H20N2O4. The fourth-order valence-electron chi connectivity index (χ4n) is 1.58. The molecule has 0 aliphatic heterocycles. The van der Waals surface area contributed by atoms with E-state index in [0.29, 0.717) is 5.75 Å². The molecule has 0 saturated heterocycles. The van der Waals surface area contributed by atoms with E-state index in [0.717, 1.165) is 11.1 Å². The molecule has 1 rings (SSSR count). The first-order valence-electron chi connectivity index (χ1n) is 6.33. The molecule has 110 valence electrons. The number of aliphatic hydroxyl groups excluding tert-OH is 1. The van der Waals surface area contributed by atoms with Gasteiger partial charge in [0.1, 0.15) is 5.75 Å². The van der Waals surface area contributed by atoms with Crippen LogP contribution in [0.2, 0.25) is 0 Å². The van der Waals surface area contributed by atoms with Crippen LogP contribution in [0.15, 0.2) is 18.2 Å². The topological polar surface area (TPSA) is 87.7 Å². The second-order valence-electron chi connectivity index (χ2n) is 4.53. The van der Waals surface area contributed by atoms with E-state index < -0.39 is 24.1 Å². The summed E-state index contributed by atoms with van der Waals surface area (Å²) in [5, 5.41) is 13.9. The number of carbonyl (C=O) groups is 2. The van der Waals surface area contributed by atoms with Gasteiger partial charge in [-0.3, -0.25) is 10.1 Å². The number of rotatable bonds is 4. The molecule has 0 aliphatic rings. The van der Waals surface area contributed by atoms with Crippen LogP contribution < -0.4 is 15.4 Å². The largest absolute Gasteiger partial charge is 0.481 e. The number of carbonyl (C=O) groups excluding carboxylic acids is 2. The Morgan fingerprint density at radius 2 is 1.95 bits per heavy atom. The van der Waals surface area contributed by atoms with Gasteiger partial charge in [0.25, 0.3) is 5.91 Å². The van der Waals surface area contributed by atoms with Crippen LogP contribution in [0.3, 0.4) is 0 Å². The Morgan fingerprint density at radius 3 is 2.45 bits per heavy atom. The van der Waals surface area contributed by atoms with Crippen molar-refractivity contribution in [2.75, 3.05) is 7.05 Å². The lowest BCUT2D eigenvalue weighted by atomic mass is 10.1. The monoisotopic (exact) mass is 280 g/mol. The third-order valence-electron chi connectivity index (χ3n) is 2.82. The molecule has 0 aromatic heterocycles. The maximum atomic E-state index is 11.7. The van der Waals surface area contributed by atoms with Gasteiger partial charge in [-0.25, -0.2) is 4.79 Å². The van der Waals surface area contributed by atoms with Crippen molar-refractivity contribution in [2.24, 2.45) is 0 Å². The zero-order valence-electron chi connectivity index (χ0n) is 12.1. The third kappa shape index (κ3) is 4.24. The molecule has 1 unspecified atom stereocenters. The van der Waals surface area contributed by atoms with Crippen molar-refractivity contribution in [2.45, 2.75) is 33.0 Å². The zero-order valence-corrected chi connectivity index (χ0v) is 12.1. The summed E-state index contributed by atoms with van der Waals surface area (Å²) in [6.45, 7) is 5.06. The summed E-state index contributed by atoms with van der Waals surface area (Å²) in [4.78, 5) is 22.7. The molecule has 3 amide bonds. The quantitative estimate of drug-likeness (QED) is 0.775. The van der Waals surface area contributed by atoms with Crippen LogP contribution in [0.25, 0.3) is 0 Å². The first kappa shape index (κ1) is 16.0. The Labute approximate surface area is 118 Å². The molecule has 0 saturated carbocycles. The van der Waals surface area contributed by atoms with Crippen LogP contribution in [0.4, 0.5) is 4.79 Å². The second kappa shape index (κ2) is 6.91. The Kier molecular flexibility index (Phi) is 5.52. The van der Waals surface area contributed by atoms with E-state index in [-0.39, 0.29) is 0 Å². The lowest BCUT2D eigenvalue weighted by Crippen LogP contribution is -2.44. The van der Waals surface area contributed by atoms with Gasteiger partial charge in [-0.05, 0) is 44.0 Å².